The van der Waals surface area contributed by atoms with E-state index in [9.17, 15) is 49.4 Å². The van der Waals surface area contributed by atoms with E-state index in [1.165, 1.54) is 35.6 Å². The highest BCUT2D eigenvalue weighted by Gasteiger charge is 2.25. The van der Waals surface area contributed by atoms with Gasteiger partial charge in [-0.05, 0) is 67.9 Å². The number of aryl methyl sites for hydroxylation is 1. The molecule has 6 rings (SSSR count). The number of hydrogen-bond donors (Lipinski definition) is 5. The number of fused-ring (bicyclic) bond motifs is 3. The number of carboxylic acid groups (broad SMARTS) is 1. The van der Waals surface area contributed by atoms with Crippen molar-refractivity contribution in [2.75, 3.05) is 18.6 Å². The molecule has 0 radical (unpaired) electrons. The molecule has 0 fully saturated rings. The van der Waals surface area contributed by atoms with Crippen molar-refractivity contribution in [2.45, 2.75) is 18.7 Å². The number of ether oxygens (including phenoxy) is 1. The number of nitrogens with zero attached hydrogens (tertiary/aromatic N) is 8. The van der Waals surface area contributed by atoms with Crippen molar-refractivity contribution < 1.29 is 71.3 Å². The zero-order valence-corrected chi connectivity index (χ0v) is 35.7. The Bertz CT molecular complexity index is 3260. The van der Waals surface area contributed by atoms with Gasteiger partial charge >= 0.3 is 16.6 Å². The van der Waals surface area contributed by atoms with E-state index < -0.39 is 70.1 Å². The molecule has 0 atom stereocenters. The number of aromatic nitrogens is 2. The second-order valence-electron chi connectivity index (χ2n) is 12.5. The summed E-state index contributed by atoms with van der Waals surface area (Å²) in [4.78, 5) is 16.1. The van der Waals surface area contributed by atoms with Crippen LogP contribution >= 0.6 is 0 Å². The Morgan fingerprint density at radius 1 is 0.746 bits per heavy atom. The number of aromatic hydroxyl groups is 1. The monoisotopic (exact) mass is 948 g/mol. The van der Waals surface area contributed by atoms with Gasteiger partial charge in [0.05, 0.1) is 34.4 Å². The molecule has 0 bridgehead atoms. The molecule has 0 aliphatic heterocycles. The lowest BCUT2D eigenvalue weighted by Crippen LogP contribution is -2.12. The first-order valence-electron chi connectivity index (χ1n) is 17.0. The van der Waals surface area contributed by atoms with Gasteiger partial charge in [-0.2, -0.15) is 40.6 Å². The zero-order valence-electron chi connectivity index (χ0n) is 32.4. The van der Waals surface area contributed by atoms with E-state index in [4.69, 9.17) is 21.9 Å². The standard InChI is InChI=1S/C34H28N8O10S2.CH4O3S.O3S/c1-19-16-26(40-41-31-20(2)30(34(44)45)32-35-23-10-6-7-11-27(23)42(32)33(31)43)28(52-14-15-53(46,47)48)18-25(19)39-38-24-13-12-22(17-29(24)54(49,50)51)37-36-21-8-4-3-5-9-21;1-5(2,3)4;1-4(2)3/h3-13,16-18,43H,14-15H2,1-2H3,(H,44,45)(H,46,47,48)(H,49,50,51);1H3,(H,2,3,4);. The van der Waals surface area contributed by atoms with Crippen LogP contribution in [0, 0.1) is 13.8 Å². The zero-order chi connectivity index (χ0) is 46.9. The number of carboxylic acids is 1. The molecule has 28 heteroatoms. The summed E-state index contributed by atoms with van der Waals surface area (Å²) >= 11 is 0. The van der Waals surface area contributed by atoms with Crippen LogP contribution in [0.1, 0.15) is 21.5 Å². The fourth-order valence-electron chi connectivity index (χ4n) is 5.24. The van der Waals surface area contributed by atoms with Gasteiger partial charge in [-0.25, -0.2) is 9.78 Å². The average molecular weight is 949 g/mol. The molecular formula is C35H32N8O16S4. The molecule has 0 amide bonds. The third-order valence-corrected chi connectivity index (χ3v) is 9.38. The van der Waals surface area contributed by atoms with Crippen LogP contribution in [0.2, 0.25) is 0 Å². The Hall–Kier alpha value is -6.95. The van der Waals surface area contributed by atoms with E-state index in [0.29, 0.717) is 28.5 Å². The SMILES string of the molecule is CS(=O)(=O)O.Cc1cc(N=Nc2c(C)c(C(=O)O)c3nc4ccccc4n3c2O)c(OCCS(=O)(=O)O)cc1N=Nc1ccc(N=Nc2ccccc2)cc1S(=O)(=O)O.O=S(=O)=O. The maximum Gasteiger partial charge on any atom is 0.425 e. The first-order valence-corrected chi connectivity index (χ1v) is 22.9. The lowest BCUT2D eigenvalue weighted by Gasteiger charge is -2.12. The Morgan fingerprint density at radius 3 is 1.92 bits per heavy atom. The van der Waals surface area contributed by atoms with Crippen LogP contribution in [-0.4, -0.2) is 95.7 Å². The number of imidazole rings is 1. The summed E-state index contributed by atoms with van der Waals surface area (Å²) in [5.74, 6) is -2.71. The molecule has 0 spiro atoms. The van der Waals surface area contributed by atoms with E-state index in [0.717, 1.165) is 6.07 Å². The maximum absolute atomic E-state index is 12.4. The van der Waals surface area contributed by atoms with Crippen molar-refractivity contribution >= 4 is 97.7 Å². The van der Waals surface area contributed by atoms with Gasteiger partial charge in [0.25, 0.3) is 30.4 Å². The largest absolute Gasteiger partial charge is 0.493 e. The number of para-hydroxylation sites is 2. The summed E-state index contributed by atoms with van der Waals surface area (Å²) in [6.45, 7) is 2.46. The molecule has 5 N–H and O–H groups in total. The first kappa shape index (κ1) is 48.7. The minimum Gasteiger partial charge on any atom is -0.493 e. The lowest BCUT2D eigenvalue weighted by atomic mass is 10.1. The number of pyridine rings is 1. The summed E-state index contributed by atoms with van der Waals surface area (Å²) < 4.78 is 125. The molecule has 0 unspecified atom stereocenters. The van der Waals surface area contributed by atoms with Crippen molar-refractivity contribution in [3.63, 3.8) is 0 Å². The summed E-state index contributed by atoms with van der Waals surface area (Å²) in [7, 11) is -16.0. The van der Waals surface area contributed by atoms with Crippen LogP contribution < -0.4 is 4.74 Å². The van der Waals surface area contributed by atoms with Gasteiger partial charge in [-0.3, -0.25) is 18.1 Å². The predicted molar refractivity (Wildman–Crippen MR) is 222 cm³/mol. The van der Waals surface area contributed by atoms with Crippen molar-refractivity contribution in [2.24, 2.45) is 30.7 Å². The molecule has 63 heavy (non-hydrogen) atoms. The van der Waals surface area contributed by atoms with Crippen LogP contribution in [0.5, 0.6) is 11.6 Å². The molecule has 24 nitrogen and oxygen atoms in total. The van der Waals surface area contributed by atoms with Gasteiger partial charge in [-0.15, -0.1) is 28.0 Å². The molecule has 6 aromatic rings. The Kier molecular flexibility index (Phi) is 15.7. The van der Waals surface area contributed by atoms with Crippen molar-refractivity contribution in [3.8, 4) is 11.6 Å². The number of benzene rings is 4. The highest BCUT2D eigenvalue weighted by atomic mass is 32.2. The summed E-state index contributed by atoms with van der Waals surface area (Å²) in [5.41, 5.74) is 1.21. The Morgan fingerprint density at radius 2 is 1.32 bits per heavy atom. The number of hydrogen-bond acceptors (Lipinski definition) is 19. The van der Waals surface area contributed by atoms with Gasteiger partial charge in [0.15, 0.2) is 5.65 Å². The minimum atomic E-state index is -4.82. The van der Waals surface area contributed by atoms with Crippen LogP contribution in [0.25, 0.3) is 16.7 Å². The highest BCUT2D eigenvalue weighted by Crippen LogP contribution is 2.41. The van der Waals surface area contributed by atoms with Gasteiger partial charge in [0.2, 0.25) is 5.88 Å². The van der Waals surface area contributed by atoms with E-state index in [2.05, 4.69) is 35.7 Å². The highest BCUT2D eigenvalue weighted by molar-refractivity contribution is 7.86. The van der Waals surface area contributed by atoms with Gasteiger partial charge in [0, 0.05) is 11.6 Å². The van der Waals surface area contributed by atoms with E-state index in [-0.39, 0.29) is 51.0 Å². The van der Waals surface area contributed by atoms with Crippen molar-refractivity contribution in [1.82, 2.24) is 9.38 Å². The second-order valence-corrected chi connectivity index (χ2v) is 17.3. The molecule has 0 aliphatic carbocycles. The third kappa shape index (κ3) is 14.0. The smallest absolute Gasteiger partial charge is 0.425 e. The van der Waals surface area contributed by atoms with Gasteiger partial charge < -0.3 is 14.9 Å². The normalized spacial score (nSPS) is 12.0. The van der Waals surface area contributed by atoms with E-state index in [1.54, 1.807) is 61.5 Å². The number of azo groups is 3. The third-order valence-electron chi connectivity index (χ3n) is 7.81. The van der Waals surface area contributed by atoms with Gasteiger partial charge in [-0.1, -0.05) is 30.3 Å². The average Bonchev–Trinajstić information content (AvgIpc) is 3.55. The topological polar surface area (TPSA) is 373 Å². The van der Waals surface area contributed by atoms with Crippen LogP contribution in [0.15, 0.2) is 121 Å². The fraction of sp³-hybridized carbons (Fsp3) is 0.143. The number of aromatic carboxylic acids is 1. The van der Waals surface area contributed by atoms with Gasteiger partial charge in [0.1, 0.15) is 45.6 Å². The maximum atomic E-state index is 12.4. The molecular weight excluding hydrogens is 917 g/mol. The number of rotatable bonds is 12. The number of carbonyl (C=O) groups is 1. The Labute approximate surface area is 358 Å². The Balaban J connectivity index is 0.000000881. The molecule has 4 aromatic carbocycles. The predicted octanol–water partition coefficient (Wildman–Crippen LogP) is 6.77. The fourth-order valence-corrected chi connectivity index (χ4v) is 6.18. The summed E-state index contributed by atoms with van der Waals surface area (Å²) in [6, 6.07) is 21.8. The van der Waals surface area contributed by atoms with E-state index >= 15 is 0 Å². The lowest BCUT2D eigenvalue weighted by molar-refractivity contribution is 0.0697. The van der Waals surface area contributed by atoms with E-state index in [1.807, 2.05) is 0 Å². The van der Waals surface area contributed by atoms with Crippen molar-refractivity contribution in [3.05, 3.63) is 102 Å². The molecule has 0 saturated carbocycles. The minimum absolute atomic E-state index is 0.0131. The van der Waals surface area contributed by atoms with Crippen LogP contribution in [0.4, 0.5) is 34.1 Å². The first-order chi connectivity index (χ1) is 29.3. The van der Waals surface area contributed by atoms with Crippen LogP contribution in [0.3, 0.4) is 0 Å². The molecule has 2 aromatic heterocycles. The second kappa shape index (κ2) is 20.3. The van der Waals surface area contributed by atoms with Crippen molar-refractivity contribution in [1.29, 1.82) is 0 Å². The summed E-state index contributed by atoms with van der Waals surface area (Å²) in [6.07, 6.45) is 0.715. The summed E-state index contributed by atoms with van der Waals surface area (Å²) in [5, 5.41) is 45.9. The van der Waals surface area contributed by atoms with Crippen LogP contribution in [-0.2, 0) is 41.0 Å². The molecule has 332 valence electrons. The quantitative estimate of drug-likeness (QED) is 0.0624. The molecule has 0 aliphatic rings. The molecule has 2 heterocycles. The molecule has 0 saturated heterocycles.